The van der Waals surface area contributed by atoms with Gasteiger partial charge >= 0.3 is 0 Å². The van der Waals surface area contributed by atoms with E-state index < -0.39 is 0 Å². The van der Waals surface area contributed by atoms with E-state index in [1.165, 1.54) is 24.8 Å². The molecule has 1 heterocycles. The molecule has 5 heteroatoms. The van der Waals surface area contributed by atoms with E-state index >= 15 is 0 Å². The van der Waals surface area contributed by atoms with Crippen LogP contribution in [0.1, 0.15) is 43.7 Å². The maximum atomic E-state index is 12.3. The molecule has 1 aromatic carbocycles. The number of methoxy groups -OCH3 is 1. The SMILES string of the molecule is COc1ccc(C(NC(=O)CC2CCCN2)C2CC2)cc1.Cl. The summed E-state index contributed by atoms with van der Waals surface area (Å²) in [7, 11) is 1.67. The summed E-state index contributed by atoms with van der Waals surface area (Å²) in [6, 6.07) is 8.59. The van der Waals surface area contributed by atoms with Gasteiger partial charge < -0.3 is 15.4 Å². The van der Waals surface area contributed by atoms with Crippen LogP contribution in [-0.4, -0.2) is 25.6 Å². The van der Waals surface area contributed by atoms with Crippen LogP contribution in [0.5, 0.6) is 5.75 Å². The van der Waals surface area contributed by atoms with Crippen molar-refractivity contribution in [2.24, 2.45) is 5.92 Å². The van der Waals surface area contributed by atoms with Crippen molar-refractivity contribution in [3.63, 3.8) is 0 Å². The number of rotatable bonds is 6. The number of halogens is 1. The average Bonchev–Trinajstić information content (AvgIpc) is 3.23. The molecule has 1 aromatic rings. The highest BCUT2D eigenvalue weighted by atomic mass is 35.5. The number of benzene rings is 1. The number of amides is 1. The molecule has 2 N–H and O–H groups in total. The molecular formula is C17H25ClN2O2. The fourth-order valence-electron chi connectivity index (χ4n) is 3.10. The summed E-state index contributed by atoms with van der Waals surface area (Å²) >= 11 is 0. The Morgan fingerprint density at radius 2 is 2.05 bits per heavy atom. The van der Waals surface area contributed by atoms with Crippen molar-refractivity contribution in [2.75, 3.05) is 13.7 Å². The molecule has 0 spiro atoms. The summed E-state index contributed by atoms with van der Waals surface area (Å²) in [5, 5.41) is 6.62. The third kappa shape index (κ3) is 4.37. The molecule has 0 aromatic heterocycles. The minimum atomic E-state index is 0. The van der Waals surface area contributed by atoms with E-state index in [2.05, 4.69) is 22.8 Å². The van der Waals surface area contributed by atoms with Crippen LogP contribution in [0.3, 0.4) is 0 Å². The second-order valence-electron chi connectivity index (χ2n) is 6.15. The molecule has 4 nitrogen and oxygen atoms in total. The fraction of sp³-hybridized carbons (Fsp3) is 0.588. The van der Waals surface area contributed by atoms with Gasteiger partial charge in [-0.15, -0.1) is 12.4 Å². The summed E-state index contributed by atoms with van der Waals surface area (Å²) in [5.74, 6) is 1.62. The van der Waals surface area contributed by atoms with Gasteiger partial charge in [0.05, 0.1) is 13.2 Å². The third-order valence-electron chi connectivity index (χ3n) is 4.48. The second kappa shape index (κ2) is 7.84. The minimum absolute atomic E-state index is 0. The Morgan fingerprint density at radius 3 is 2.59 bits per heavy atom. The van der Waals surface area contributed by atoms with Crippen molar-refractivity contribution in [1.82, 2.24) is 10.6 Å². The van der Waals surface area contributed by atoms with E-state index in [-0.39, 0.29) is 24.4 Å². The molecule has 22 heavy (non-hydrogen) atoms. The van der Waals surface area contributed by atoms with E-state index in [0.717, 1.165) is 18.7 Å². The van der Waals surface area contributed by atoms with Gasteiger partial charge in [-0.3, -0.25) is 4.79 Å². The molecule has 122 valence electrons. The first-order valence-corrected chi connectivity index (χ1v) is 7.93. The summed E-state index contributed by atoms with van der Waals surface area (Å²) in [6.07, 6.45) is 5.31. The van der Waals surface area contributed by atoms with Crippen LogP contribution in [0.4, 0.5) is 0 Å². The van der Waals surface area contributed by atoms with Gasteiger partial charge in [-0.1, -0.05) is 12.1 Å². The zero-order valence-electron chi connectivity index (χ0n) is 13.0. The predicted molar refractivity (Wildman–Crippen MR) is 89.5 cm³/mol. The topological polar surface area (TPSA) is 50.4 Å². The van der Waals surface area contributed by atoms with Crippen molar-refractivity contribution in [1.29, 1.82) is 0 Å². The van der Waals surface area contributed by atoms with E-state index in [1.807, 2.05) is 12.1 Å². The van der Waals surface area contributed by atoms with Crippen molar-refractivity contribution in [3.05, 3.63) is 29.8 Å². The first-order valence-electron chi connectivity index (χ1n) is 7.93. The molecule has 2 fully saturated rings. The highest BCUT2D eigenvalue weighted by molar-refractivity contribution is 5.85. The summed E-state index contributed by atoms with van der Waals surface area (Å²) < 4.78 is 5.20. The Bertz CT molecular complexity index is 482. The maximum Gasteiger partial charge on any atom is 0.222 e. The van der Waals surface area contributed by atoms with Gasteiger partial charge in [0.15, 0.2) is 0 Å². The van der Waals surface area contributed by atoms with Crippen molar-refractivity contribution >= 4 is 18.3 Å². The lowest BCUT2D eigenvalue weighted by atomic mass is 10.0. The van der Waals surface area contributed by atoms with E-state index in [1.54, 1.807) is 7.11 Å². The largest absolute Gasteiger partial charge is 0.497 e. The molecular weight excluding hydrogens is 300 g/mol. The lowest BCUT2D eigenvalue weighted by Gasteiger charge is -2.20. The fourth-order valence-corrected chi connectivity index (χ4v) is 3.10. The Kier molecular flexibility index (Phi) is 6.09. The van der Waals surface area contributed by atoms with Crippen LogP contribution in [0, 0.1) is 5.92 Å². The lowest BCUT2D eigenvalue weighted by molar-refractivity contribution is -0.122. The van der Waals surface area contributed by atoms with Crippen LogP contribution >= 0.6 is 12.4 Å². The Hall–Kier alpha value is -1.26. The summed E-state index contributed by atoms with van der Waals surface area (Å²) in [6.45, 7) is 1.04. The monoisotopic (exact) mass is 324 g/mol. The molecule has 3 rings (SSSR count). The number of hydrogen-bond donors (Lipinski definition) is 2. The first kappa shape index (κ1) is 17.1. The minimum Gasteiger partial charge on any atom is -0.497 e. The van der Waals surface area contributed by atoms with Crippen LogP contribution in [0.25, 0.3) is 0 Å². The molecule has 2 unspecified atom stereocenters. The van der Waals surface area contributed by atoms with Crippen LogP contribution < -0.4 is 15.4 Å². The van der Waals surface area contributed by atoms with Gasteiger partial charge in [0.2, 0.25) is 5.91 Å². The molecule has 1 aliphatic carbocycles. The van der Waals surface area contributed by atoms with Crippen LogP contribution in [0.2, 0.25) is 0 Å². The van der Waals surface area contributed by atoms with Crippen molar-refractivity contribution in [2.45, 2.75) is 44.2 Å². The quantitative estimate of drug-likeness (QED) is 0.846. The van der Waals surface area contributed by atoms with Gasteiger partial charge in [-0.25, -0.2) is 0 Å². The molecule has 0 bridgehead atoms. The van der Waals surface area contributed by atoms with Gasteiger partial charge in [0.25, 0.3) is 0 Å². The zero-order chi connectivity index (χ0) is 14.7. The molecule has 1 amide bonds. The molecule has 1 saturated carbocycles. The number of hydrogen-bond acceptors (Lipinski definition) is 3. The number of nitrogens with one attached hydrogen (secondary N) is 2. The summed E-state index contributed by atoms with van der Waals surface area (Å²) in [4.78, 5) is 12.3. The Labute approximate surface area is 138 Å². The predicted octanol–water partition coefficient (Wildman–Crippen LogP) is 2.83. The number of carbonyl (C=O) groups excluding carboxylic acids is 1. The normalized spacial score (nSPS) is 21.8. The van der Waals surface area contributed by atoms with Gasteiger partial charge in [0, 0.05) is 12.5 Å². The molecule has 0 radical (unpaired) electrons. The Balaban J connectivity index is 0.00000176. The maximum absolute atomic E-state index is 12.3. The van der Waals surface area contributed by atoms with Gasteiger partial charge in [-0.05, 0) is 55.8 Å². The lowest BCUT2D eigenvalue weighted by Crippen LogP contribution is -2.35. The van der Waals surface area contributed by atoms with E-state index in [4.69, 9.17) is 4.74 Å². The molecule has 1 saturated heterocycles. The van der Waals surface area contributed by atoms with E-state index in [9.17, 15) is 4.79 Å². The summed E-state index contributed by atoms with van der Waals surface area (Å²) in [5.41, 5.74) is 1.19. The molecule has 2 aliphatic rings. The molecule has 2 atom stereocenters. The smallest absolute Gasteiger partial charge is 0.222 e. The number of ether oxygens (including phenoxy) is 1. The zero-order valence-corrected chi connectivity index (χ0v) is 13.8. The van der Waals surface area contributed by atoms with Crippen molar-refractivity contribution in [3.8, 4) is 5.75 Å². The first-order chi connectivity index (χ1) is 10.3. The number of carbonyl (C=O) groups is 1. The third-order valence-corrected chi connectivity index (χ3v) is 4.48. The average molecular weight is 325 g/mol. The van der Waals surface area contributed by atoms with Crippen LogP contribution in [0.15, 0.2) is 24.3 Å². The standard InChI is InChI=1S/C17H24N2O2.ClH/c1-21-15-8-6-13(7-9-15)17(12-4-5-12)19-16(20)11-14-3-2-10-18-14;/h6-9,12,14,17-18H,2-5,10-11H2,1H3,(H,19,20);1H. The van der Waals surface area contributed by atoms with Crippen LogP contribution in [-0.2, 0) is 4.79 Å². The Morgan fingerprint density at radius 1 is 1.32 bits per heavy atom. The van der Waals surface area contributed by atoms with Gasteiger partial charge in [-0.2, -0.15) is 0 Å². The second-order valence-corrected chi connectivity index (χ2v) is 6.15. The highest BCUT2D eigenvalue weighted by Gasteiger charge is 2.33. The van der Waals surface area contributed by atoms with Crippen molar-refractivity contribution < 1.29 is 9.53 Å². The van der Waals surface area contributed by atoms with Gasteiger partial charge in [0.1, 0.15) is 5.75 Å². The highest BCUT2D eigenvalue weighted by Crippen LogP contribution is 2.41. The van der Waals surface area contributed by atoms with E-state index in [0.29, 0.717) is 18.4 Å². The molecule has 1 aliphatic heterocycles.